The largest absolute Gasteiger partial charge is 0.393 e. The Morgan fingerprint density at radius 1 is 1.64 bits per heavy atom. The molecule has 14 heavy (non-hydrogen) atoms. The molecule has 0 spiro atoms. The van der Waals surface area contributed by atoms with Crippen molar-refractivity contribution >= 4 is 21.6 Å². The van der Waals surface area contributed by atoms with Gasteiger partial charge in [-0.1, -0.05) is 0 Å². The van der Waals surface area contributed by atoms with Gasteiger partial charge in [0.15, 0.2) is 0 Å². The van der Waals surface area contributed by atoms with E-state index in [2.05, 4.69) is 20.9 Å². The Balaban J connectivity index is 2.95. The molecule has 0 aliphatic carbocycles. The van der Waals surface area contributed by atoms with Crippen molar-refractivity contribution in [2.45, 2.75) is 18.8 Å². The maximum atomic E-state index is 10.1. The molecule has 1 aromatic heterocycles. The van der Waals surface area contributed by atoms with Gasteiger partial charge in [-0.3, -0.25) is 4.98 Å². The molecule has 0 aromatic carbocycles. The molecule has 0 bridgehead atoms. The topological polar surface area (TPSA) is 36.4 Å². The molecule has 0 radical (unpaired) electrons. The van der Waals surface area contributed by atoms with E-state index in [0.717, 1.165) is 0 Å². The van der Waals surface area contributed by atoms with Gasteiger partial charge in [0.25, 0.3) is 0 Å². The Morgan fingerprint density at radius 3 is 3.07 bits per heavy atom. The molecule has 1 N–H and O–H groups in total. The van der Waals surface area contributed by atoms with Gasteiger partial charge in [-0.2, -0.15) is 0 Å². The third-order valence-corrected chi connectivity index (χ3v) is 1.72. The lowest BCUT2D eigenvalue weighted by molar-refractivity contribution is 0.145. The molecule has 1 fully saturated rings. The Labute approximate surface area is 109 Å². The number of anilines is 1. The average Bonchev–Trinajstić information content (AvgIpc) is 2.47. The SMILES string of the molecule is [2H]c1nc([2H])c(N2C([2H])([2H])C([2H])([2H])C([2H])(O)C([2H])([2H])C2([2H])[2H])c([2H])c1Br. The van der Waals surface area contributed by atoms with Crippen LogP contribution >= 0.6 is 15.9 Å². The number of hydrogen-bond acceptors (Lipinski definition) is 3. The van der Waals surface area contributed by atoms with Crippen molar-refractivity contribution in [2.24, 2.45) is 0 Å². The Kier molecular flexibility index (Phi) is 0.901. The summed E-state index contributed by atoms with van der Waals surface area (Å²) in [5, 5.41) is 10.1. The van der Waals surface area contributed by atoms with Gasteiger partial charge in [0.05, 0.1) is 23.4 Å². The second kappa shape index (κ2) is 4.28. The van der Waals surface area contributed by atoms with E-state index in [1.54, 1.807) is 0 Å². The van der Waals surface area contributed by atoms with Crippen molar-refractivity contribution in [3.63, 3.8) is 0 Å². The van der Waals surface area contributed by atoms with Gasteiger partial charge >= 0.3 is 0 Å². The maximum Gasteiger partial charge on any atom is 0.0862 e. The second-order valence-electron chi connectivity index (χ2n) is 2.28. The van der Waals surface area contributed by atoms with Crippen LogP contribution in [0.1, 0.15) is 29.2 Å². The van der Waals surface area contributed by atoms with Gasteiger partial charge in [0.1, 0.15) is 0 Å². The van der Waals surface area contributed by atoms with Crippen LogP contribution in [0.3, 0.4) is 0 Å². The summed E-state index contributed by atoms with van der Waals surface area (Å²) < 4.78 is 93.7. The zero-order valence-corrected chi connectivity index (χ0v) is 8.31. The smallest absolute Gasteiger partial charge is 0.0862 e. The van der Waals surface area contributed by atoms with Crippen LogP contribution in [0.5, 0.6) is 0 Å². The predicted molar refractivity (Wildman–Crippen MR) is 59.4 cm³/mol. The highest BCUT2D eigenvalue weighted by molar-refractivity contribution is 9.10. The summed E-state index contributed by atoms with van der Waals surface area (Å²) in [6.07, 6.45) is -12.7. The van der Waals surface area contributed by atoms with Crippen LogP contribution < -0.4 is 4.90 Å². The summed E-state index contributed by atoms with van der Waals surface area (Å²) in [6.45, 7) is -7.12. The van der Waals surface area contributed by atoms with Gasteiger partial charge in [0.2, 0.25) is 0 Å². The van der Waals surface area contributed by atoms with E-state index in [-0.39, 0.29) is 9.37 Å². The third-order valence-electron chi connectivity index (χ3n) is 1.34. The molecule has 1 saturated heterocycles. The van der Waals surface area contributed by atoms with Crippen molar-refractivity contribution in [3.05, 3.63) is 22.9 Å². The van der Waals surface area contributed by atoms with E-state index in [1.165, 1.54) is 0 Å². The van der Waals surface area contributed by atoms with Crippen LogP contribution in [0.2, 0.25) is 0 Å². The molecule has 76 valence electrons. The fraction of sp³-hybridized carbons (Fsp3) is 0.500. The molecule has 2 rings (SSSR count). The minimum absolute atomic E-state index is 0.134. The first kappa shape index (κ1) is 2.95. The van der Waals surface area contributed by atoms with Crippen molar-refractivity contribution < 1.29 is 21.6 Å². The lowest BCUT2D eigenvalue weighted by atomic mass is 10.1. The first-order chi connectivity index (χ1) is 11.4. The van der Waals surface area contributed by atoms with Crippen LogP contribution in [0.15, 0.2) is 22.9 Å². The Bertz CT molecular complexity index is 737. The van der Waals surface area contributed by atoms with Crippen LogP contribution in [0.4, 0.5) is 5.69 Å². The van der Waals surface area contributed by atoms with Crippen LogP contribution in [0.25, 0.3) is 0 Å². The Morgan fingerprint density at radius 2 is 2.36 bits per heavy atom. The third kappa shape index (κ3) is 2.25. The van der Waals surface area contributed by atoms with Gasteiger partial charge in [0, 0.05) is 34.6 Å². The maximum absolute atomic E-state index is 10.1. The minimum Gasteiger partial charge on any atom is -0.393 e. The first-order valence-electron chi connectivity index (χ1n) is 9.53. The number of piperidine rings is 1. The molecule has 4 heteroatoms. The van der Waals surface area contributed by atoms with Gasteiger partial charge in [-0.05, 0) is 34.7 Å². The van der Waals surface area contributed by atoms with Crippen molar-refractivity contribution in [3.8, 4) is 0 Å². The molecular formula is C10H13BrN2O. The molecule has 2 heterocycles. The molecule has 0 saturated carbocycles. The zero-order chi connectivity index (χ0) is 20.7. The predicted octanol–water partition coefficient (Wildman–Crippen LogP) is 1.81. The fourth-order valence-electron chi connectivity index (χ4n) is 0.784. The number of aromatic nitrogens is 1. The highest BCUT2D eigenvalue weighted by Crippen LogP contribution is 2.21. The lowest BCUT2D eigenvalue weighted by Crippen LogP contribution is -2.35. The van der Waals surface area contributed by atoms with E-state index >= 15 is 0 Å². The minimum atomic E-state index is -3.84. The molecule has 1 aliphatic rings. The summed E-state index contributed by atoms with van der Waals surface area (Å²) in [7, 11) is 0. The molecular weight excluding hydrogens is 244 g/mol. The van der Waals surface area contributed by atoms with E-state index in [0.29, 0.717) is 0 Å². The highest BCUT2D eigenvalue weighted by atomic mass is 79.9. The van der Waals surface area contributed by atoms with E-state index in [4.69, 9.17) is 16.4 Å². The van der Waals surface area contributed by atoms with E-state index in [9.17, 15) is 5.11 Å². The molecule has 1 aliphatic heterocycles. The average molecular weight is 269 g/mol. The fourth-order valence-corrected chi connectivity index (χ4v) is 1.06. The summed E-state index contributed by atoms with van der Waals surface area (Å²) in [5.74, 6) is 0. The van der Waals surface area contributed by atoms with Crippen molar-refractivity contribution in [1.29, 1.82) is 0 Å². The number of halogens is 1. The van der Waals surface area contributed by atoms with Crippen LogP contribution in [-0.4, -0.2) is 29.2 Å². The molecule has 1 aromatic rings. The molecule has 0 amide bonds. The Hall–Kier alpha value is -0.610. The van der Waals surface area contributed by atoms with Crippen LogP contribution in [0, 0.1) is 0 Å². The highest BCUT2D eigenvalue weighted by Gasteiger charge is 2.17. The summed E-state index contributed by atoms with van der Waals surface area (Å²) in [6, 6.07) is -0.787. The summed E-state index contributed by atoms with van der Waals surface area (Å²) >= 11 is 2.82. The van der Waals surface area contributed by atoms with Crippen molar-refractivity contribution in [2.75, 3.05) is 17.9 Å². The molecule has 0 atom stereocenters. The normalized spacial score (nSPS) is 47.7. The number of aliphatic hydroxyl groups is 1. The summed E-state index contributed by atoms with van der Waals surface area (Å²) in [4.78, 5) is 3.28. The van der Waals surface area contributed by atoms with Crippen molar-refractivity contribution in [1.82, 2.24) is 4.98 Å². The number of rotatable bonds is 1. The number of nitrogens with zero attached hydrogens (tertiary/aromatic N) is 2. The monoisotopic (exact) mass is 268 g/mol. The van der Waals surface area contributed by atoms with Crippen LogP contribution in [-0.2, 0) is 0 Å². The molecule has 0 unspecified atom stereocenters. The number of pyridine rings is 1. The standard InChI is InChI=1S/C10H13BrN2O/c11-8-5-9(7-12-6-8)13-3-1-10(14)2-4-13/h5-7,10,14H,1-4H2/i1D2,2D2,3D2,4D2,5D,6D,7D,10D. The summed E-state index contributed by atoms with van der Waals surface area (Å²) in [5.41, 5.74) is -0.925. The van der Waals surface area contributed by atoms with Gasteiger partial charge < -0.3 is 10.0 Å². The quantitative estimate of drug-likeness (QED) is 0.844. The van der Waals surface area contributed by atoms with E-state index < -0.39 is 55.9 Å². The lowest BCUT2D eigenvalue weighted by Gasteiger charge is -2.31. The first-order valence-corrected chi connectivity index (χ1v) is 4.32. The molecule has 3 nitrogen and oxygen atoms in total. The zero-order valence-electron chi connectivity index (χ0n) is 18.7. The second-order valence-corrected chi connectivity index (χ2v) is 3.07. The number of hydrogen-bond donors (Lipinski definition) is 1. The van der Waals surface area contributed by atoms with E-state index in [1.807, 2.05) is 0 Å². The van der Waals surface area contributed by atoms with Gasteiger partial charge in [-0.15, -0.1) is 0 Å². The van der Waals surface area contributed by atoms with Gasteiger partial charge in [-0.25, -0.2) is 0 Å².